The number of halogens is 3. The number of nitrogens with zero attached hydrogens (tertiary/aromatic N) is 3. The first-order valence-corrected chi connectivity index (χ1v) is 10.9. The van der Waals surface area contributed by atoms with E-state index in [4.69, 9.17) is 4.74 Å². The normalized spacial score (nSPS) is 19.6. The van der Waals surface area contributed by atoms with Crippen molar-refractivity contribution in [2.75, 3.05) is 13.6 Å². The SMILES string of the molecule is CC(C)C(C(=O)N1CC(OC(F)F)CC1c1ncc(-c2ccc(Br)cc2)[nH]1)N(C)C(=O)O. The minimum absolute atomic E-state index is 0.0845. The fraction of sp³-hybridized carbons (Fsp3) is 0.476. The number of benzene rings is 1. The molecular weight excluding hydrogens is 490 g/mol. The Balaban J connectivity index is 1.92. The third kappa shape index (κ3) is 5.26. The summed E-state index contributed by atoms with van der Waals surface area (Å²) in [6.45, 7) is 0.407. The number of H-pyrrole nitrogens is 1. The van der Waals surface area contributed by atoms with Crippen molar-refractivity contribution in [1.29, 1.82) is 0 Å². The second-order valence-electron chi connectivity index (χ2n) is 8.03. The number of nitrogens with one attached hydrogen (secondary N) is 1. The van der Waals surface area contributed by atoms with Crippen LogP contribution in [0.15, 0.2) is 34.9 Å². The lowest BCUT2D eigenvalue weighted by atomic mass is 10.0. The number of likely N-dealkylation sites (N-methyl/N-ethyl adjacent to an activating group) is 1. The second-order valence-corrected chi connectivity index (χ2v) is 8.95. The van der Waals surface area contributed by atoms with E-state index in [1.807, 2.05) is 24.3 Å². The van der Waals surface area contributed by atoms with Crippen molar-refractivity contribution in [3.05, 3.63) is 40.8 Å². The molecule has 2 heterocycles. The molecule has 2 N–H and O–H groups in total. The molecule has 1 aromatic carbocycles. The summed E-state index contributed by atoms with van der Waals surface area (Å²) in [5.41, 5.74) is 1.58. The lowest BCUT2D eigenvalue weighted by Crippen LogP contribution is -2.51. The summed E-state index contributed by atoms with van der Waals surface area (Å²) in [6.07, 6.45) is -0.409. The van der Waals surface area contributed by atoms with Gasteiger partial charge in [-0.05, 0) is 23.6 Å². The molecule has 3 atom stereocenters. The van der Waals surface area contributed by atoms with E-state index in [0.717, 1.165) is 14.9 Å². The molecule has 0 radical (unpaired) electrons. The molecule has 1 fully saturated rings. The molecule has 1 aliphatic rings. The Morgan fingerprint density at radius 2 is 1.97 bits per heavy atom. The smallest absolute Gasteiger partial charge is 0.407 e. The van der Waals surface area contributed by atoms with Gasteiger partial charge in [-0.2, -0.15) is 8.78 Å². The first kappa shape index (κ1) is 24.1. The highest BCUT2D eigenvalue weighted by Gasteiger charge is 2.43. The number of amides is 2. The van der Waals surface area contributed by atoms with Crippen LogP contribution in [0.1, 0.15) is 32.1 Å². The summed E-state index contributed by atoms with van der Waals surface area (Å²) in [6, 6.07) is 5.90. The van der Waals surface area contributed by atoms with Crippen LogP contribution in [0.2, 0.25) is 0 Å². The fourth-order valence-corrected chi connectivity index (χ4v) is 4.28. The topological polar surface area (TPSA) is 98.8 Å². The molecule has 1 aromatic heterocycles. The molecule has 3 unspecified atom stereocenters. The van der Waals surface area contributed by atoms with Gasteiger partial charge in [0.2, 0.25) is 5.91 Å². The van der Waals surface area contributed by atoms with Gasteiger partial charge >= 0.3 is 12.7 Å². The molecule has 0 bridgehead atoms. The third-order valence-corrected chi connectivity index (χ3v) is 6.04. The van der Waals surface area contributed by atoms with Crippen molar-refractivity contribution < 1.29 is 28.2 Å². The minimum Gasteiger partial charge on any atom is -0.465 e. The number of carboxylic acid groups (broad SMARTS) is 1. The molecule has 0 spiro atoms. The van der Waals surface area contributed by atoms with Gasteiger partial charge in [0.05, 0.1) is 24.0 Å². The van der Waals surface area contributed by atoms with Gasteiger partial charge in [-0.3, -0.25) is 9.69 Å². The molecule has 2 aromatic rings. The number of alkyl halides is 2. The highest BCUT2D eigenvalue weighted by Crippen LogP contribution is 2.35. The Morgan fingerprint density at radius 1 is 1.31 bits per heavy atom. The van der Waals surface area contributed by atoms with Gasteiger partial charge in [-0.25, -0.2) is 9.78 Å². The number of hydrogen-bond acceptors (Lipinski definition) is 4. The summed E-state index contributed by atoms with van der Waals surface area (Å²) in [7, 11) is 1.32. The van der Waals surface area contributed by atoms with Crippen LogP contribution in [0.4, 0.5) is 13.6 Å². The van der Waals surface area contributed by atoms with Crippen molar-refractivity contribution in [3.63, 3.8) is 0 Å². The number of carbonyl (C=O) groups is 2. The number of rotatable bonds is 7. The summed E-state index contributed by atoms with van der Waals surface area (Å²) in [5, 5.41) is 9.41. The molecule has 3 rings (SSSR count). The van der Waals surface area contributed by atoms with Gasteiger partial charge in [0.1, 0.15) is 11.9 Å². The van der Waals surface area contributed by atoms with E-state index in [1.165, 1.54) is 11.9 Å². The van der Waals surface area contributed by atoms with Crippen LogP contribution in [0.5, 0.6) is 0 Å². The molecule has 8 nitrogen and oxygen atoms in total. The van der Waals surface area contributed by atoms with E-state index in [1.54, 1.807) is 20.0 Å². The third-order valence-electron chi connectivity index (χ3n) is 5.51. The highest BCUT2D eigenvalue weighted by molar-refractivity contribution is 9.10. The molecule has 1 saturated heterocycles. The van der Waals surface area contributed by atoms with Crippen LogP contribution in [0.25, 0.3) is 11.3 Å². The van der Waals surface area contributed by atoms with Gasteiger partial charge < -0.3 is 19.7 Å². The van der Waals surface area contributed by atoms with Gasteiger partial charge in [0, 0.05) is 24.5 Å². The van der Waals surface area contributed by atoms with E-state index in [2.05, 4.69) is 25.9 Å². The Morgan fingerprint density at radius 3 is 2.53 bits per heavy atom. The molecule has 174 valence electrons. The molecule has 11 heteroatoms. The maximum Gasteiger partial charge on any atom is 0.407 e. The number of ether oxygens (including phenoxy) is 1. The second kappa shape index (κ2) is 9.95. The number of aromatic amines is 1. The monoisotopic (exact) mass is 514 g/mol. The van der Waals surface area contributed by atoms with Crippen molar-refractivity contribution in [1.82, 2.24) is 19.8 Å². The van der Waals surface area contributed by atoms with Crippen molar-refractivity contribution in [3.8, 4) is 11.3 Å². The summed E-state index contributed by atoms with van der Waals surface area (Å²) < 4.78 is 31.4. The fourth-order valence-electron chi connectivity index (χ4n) is 4.01. The standard InChI is InChI=1S/C21H25BrF2N4O4/c1-11(2)17(27(3)21(30)31)19(29)28-10-14(32-20(23)24)8-16(28)18-25-9-15(26-18)12-4-6-13(22)7-5-12/h4-7,9,11,14,16-17,20H,8,10H2,1-3H3,(H,25,26)(H,30,31). The Kier molecular flexibility index (Phi) is 7.50. The molecule has 1 aliphatic heterocycles. The Bertz CT molecular complexity index is 954. The first-order chi connectivity index (χ1) is 15.1. The summed E-state index contributed by atoms with van der Waals surface area (Å²) >= 11 is 3.38. The summed E-state index contributed by atoms with van der Waals surface area (Å²) in [4.78, 5) is 34.8. The first-order valence-electron chi connectivity index (χ1n) is 10.1. The number of carbonyl (C=O) groups excluding carboxylic acids is 1. The quantitative estimate of drug-likeness (QED) is 0.572. The van der Waals surface area contributed by atoms with Crippen LogP contribution in [0.3, 0.4) is 0 Å². The van der Waals surface area contributed by atoms with Crippen molar-refractivity contribution in [2.24, 2.45) is 5.92 Å². The van der Waals surface area contributed by atoms with Crippen LogP contribution in [-0.4, -0.2) is 69.2 Å². The van der Waals surface area contributed by atoms with Crippen molar-refractivity contribution in [2.45, 2.75) is 45.1 Å². The predicted molar refractivity (Wildman–Crippen MR) is 116 cm³/mol. The highest BCUT2D eigenvalue weighted by atomic mass is 79.9. The zero-order valence-corrected chi connectivity index (χ0v) is 19.4. The van der Waals surface area contributed by atoms with Gasteiger partial charge in [-0.1, -0.05) is 41.9 Å². The van der Waals surface area contributed by atoms with E-state index in [0.29, 0.717) is 11.5 Å². The number of aromatic nitrogens is 2. The minimum atomic E-state index is -2.98. The van der Waals surface area contributed by atoms with Crippen molar-refractivity contribution >= 4 is 27.9 Å². The average molecular weight is 515 g/mol. The van der Waals surface area contributed by atoms with Gasteiger partial charge in [-0.15, -0.1) is 0 Å². The maximum absolute atomic E-state index is 13.4. The van der Waals surface area contributed by atoms with Crippen LogP contribution >= 0.6 is 15.9 Å². The Hall–Kier alpha value is -2.53. The maximum atomic E-state index is 13.4. The lowest BCUT2D eigenvalue weighted by molar-refractivity contribution is -0.161. The Labute approximate surface area is 192 Å². The molecule has 0 saturated carbocycles. The molecule has 32 heavy (non-hydrogen) atoms. The van der Waals surface area contributed by atoms with E-state index in [-0.39, 0.29) is 18.9 Å². The molecule has 0 aliphatic carbocycles. The average Bonchev–Trinajstić information content (AvgIpc) is 3.35. The summed E-state index contributed by atoms with van der Waals surface area (Å²) in [5.74, 6) is -0.372. The van der Waals surface area contributed by atoms with E-state index < -0.39 is 36.8 Å². The lowest BCUT2D eigenvalue weighted by Gasteiger charge is -2.33. The molecule has 2 amide bonds. The van der Waals surface area contributed by atoms with E-state index in [9.17, 15) is 23.5 Å². The van der Waals surface area contributed by atoms with Crippen LogP contribution in [0, 0.1) is 5.92 Å². The van der Waals surface area contributed by atoms with E-state index >= 15 is 0 Å². The number of imidazole rings is 1. The van der Waals surface area contributed by atoms with Gasteiger partial charge in [0.25, 0.3) is 0 Å². The van der Waals surface area contributed by atoms with Crippen LogP contribution in [-0.2, 0) is 9.53 Å². The van der Waals surface area contributed by atoms with Crippen LogP contribution < -0.4 is 0 Å². The predicted octanol–water partition coefficient (Wildman–Crippen LogP) is 4.35. The zero-order chi connectivity index (χ0) is 23.6. The zero-order valence-electron chi connectivity index (χ0n) is 17.8. The van der Waals surface area contributed by atoms with Gasteiger partial charge in [0.15, 0.2) is 0 Å². The number of likely N-dealkylation sites (tertiary alicyclic amines) is 1. The molecular formula is C21H25BrF2N4O4. The number of hydrogen-bond donors (Lipinski definition) is 2. The largest absolute Gasteiger partial charge is 0.465 e.